The highest BCUT2D eigenvalue weighted by Crippen LogP contribution is 2.11. The van der Waals surface area contributed by atoms with Gasteiger partial charge in [0.2, 0.25) is 0 Å². The second-order valence-electron chi connectivity index (χ2n) is 3.16. The molecule has 0 amide bonds. The molecule has 0 aromatic carbocycles. The van der Waals surface area contributed by atoms with E-state index in [1.54, 1.807) is 0 Å². The number of likely N-dealkylation sites (N-methyl/N-ethyl adjacent to an activating group) is 1. The highest BCUT2D eigenvalue weighted by molar-refractivity contribution is 5.32. The summed E-state index contributed by atoms with van der Waals surface area (Å²) in [5.74, 6) is 0. The number of nitrogens with one attached hydrogen (secondary N) is 2. The van der Waals surface area contributed by atoms with E-state index in [9.17, 15) is 0 Å². The molecular weight excluding hydrogens is 160 g/mol. The molecule has 2 N–H and O–H groups in total. The summed E-state index contributed by atoms with van der Waals surface area (Å²) in [6.07, 6.45) is 13.0. The van der Waals surface area contributed by atoms with Gasteiger partial charge < -0.3 is 10.6 Å². The lowest BCUT2D eigenvalue weighted by atomic mass is 10.2. The Balaban J connectivity index is 2.56. The minimum atomic E-state index is 0.525. The molecule has 0 aromatic rings. The minimum Gasteiger partial charge on any atom is -0.394 e. The van der Waals surface area contributed by atoms with E-state index >= 15 is 0 Å². The monoisotopic (exact) mass is 178 g/mol. The van der Waals surface area contributed by atoms with E-state index in [1.807, 2.05) is 20.3 Å². The molecule has 1 aliphatic rings. The van der Waals surface area contributed by atoms with Crippen LogP contribution in [-0.2, 0) is 0 Å². The third-order valence-corrected chi connectivity index (χ3v) is 2.19. The molecule has 0 heterocycles. The zero-order chi connectivity index (χ0) is 9.52. The molecule has 2 heteroatoms. The molecule has 1 unspecified atom stereocenters. The summed E-state index contributed by atoms with van der Waals surface area (Å²) < 4.78 is 0. The molecule has 0 aliphatic heterocycles. The fourth-order valence-electron chi connectivity index (χ4n) is 1.36. The van der Waals surface area contributed by atoms with Crippen LogP contribution in [0.3, 0.4) is 0 Å². The minimum absolute atomic E-state index is 0.525. The smallest absolute Gasteiger partial charge is 0.0253 e. The van der Waals surface area contributed by atoms with Crippen molar-refractivity contribution >= 4 is 0 Å². The zero-order valence-electron chi connectivity index (χ0n) is 8.38. The predicted octanol–water partition coefficient (Wildman–Crippen LogP) is 1.58. The molecule has 1 rings (SSSR count). The summed E-state index contributed by atoms with van der Waals surface area (Å²) in [6, 6.07) is 0.525. The van der Waals surface area contributed by atoms with Crippen molar-refractivity contribution < 1.29 is 0 Å². The SMILES string of the molecule is CN/C=C/C1=CCCC(NC)C=C1. The van der Waals surface area contributed by atoms with Gasteiger partial charge >= 0.3 is 0 Å². The molecule has 2 nitrogen and oxygen atoms in total. The molecule has 72 valence electrons. The van der Waals surface area contributed by atoms with Crippen molar-refractivity contribution in [2.45, 2.75) is 18.9 Å². The van der Waals surface area contributed by atoms with E-state index in [2.05, 4.69) is 34.9 Å². The summed E-state index contributed by atoms with van der Waals surface area (Å²) in [5, 5.41) is 6.25. The van der Waals surface area contributed by atoms with Gasteiger partial charge in [0.1, 0.15) is 0 Å². The lowest BCUT2D eigenvalue weighted by Gasteiger charge is -2.06. The van der Waals surface area contributed by atoms with Gasteiger partial charge in [-0.25, -0.2) is 0 Å². The van der Waals surface area contributed by atoms with Crippen molar-refractivity contribution in [3.05, 3.63) is 36.1 Å². The number of hydrogen-bond donors (Lipinski definition) is 2. The van der Waals surface area contributed by atoms with Gasteiger partial charge in [0.15, 0.2) is 0 Å². The standard InChI is InChI=1S/C11H18N2/c1-12-9-8-10-4-3-5-11(13-2)7-6-10/h4,6-9,11-13H,3,5H2,1-2H3/b9-8+. The van der Waals surface area contributed by atoms with E-state index in [-0.39, 0.29) is 0 Å². The second kappa shape index (κ2) is 5.60. The van der Waals surface area contributed by atoms with Crippen LogP contribution in [0.5, 0.6) is 0 Å². The van der Waals surface area contributed by atoms with Gasteiger partial charge in [-0.15, -0.1) is 0 Å². The van der Waals surface area contributed by atoms with Crippen LogP contribution in [0.15, 0.2) is 36.1 Å². The van der Waals surface area contributed by atoms with Gasteiger partial charge in [-0.2, -0.15) is 0 Å². The summed E-state index contributed by atoms with van der Waals surface area (Å²) in [4.78, 5) is 0. The third kappa shape index (κ3) is 3.47. The van der Waals surface area contributed by atoms with E-state index < -0.39 is 0 Å². The molecule has 0 saturated carbocycles. The summed E-state index contributed by atoms with van der Waals surface area (Å²) in [5.41, 5.74) is 1.28. The van der Waals surface area contributed by atoms with Crippen LogP contribution >= 0.6 is 0 Å². The van der Waals surface area contributed by atoms with Crippen LogP contribution in [0, 0.1) is 0 Å². The van der Waals surface area contributed by atoms with Gasteiger partial charge in [-0.1, -0.05) is 18.2 Å². The zero-order valence-corrected chi connectivity index (χ0v) is 8.38. The van der Waals surface area contributed by atoms with Crippen LogP contribution in [0.4, 0.5) is 0 Å². The quantitative estimate of drug-likeness (QED) is 0.685. The first-order valence-electron chi connectivity index (χ1n) is 4.76. The second-order valence-corrected chi connectivity index (χ2v) is 3.16. The van der Waals surface area contributed by atoms with Crippen LogP contribution < -0.4 is 10.6 Å². The lowest BCUT2D eigenvalue weighted by molar-refractivity contribution is 0.624. The Morgan fingerprint density at radius 1 is 1.46 bits per heavy atom. The Morgan fingerprint density at radius 3 is 3.00 bits per heavy atom. The Bertz CT molecular complexity index is 226. The van der Waals surface area contributed by atoms with E-state index in [1.165, 1.54) is 12.0 Å². The third-order valence-electron chi connectivity index (χ3n) is 2.19. The molecule has 13 heavy (non-hydrogen) atoms. The summed E-state index contributed by atoms with van der Waals surface area (Å²) in [6.45, 7) is 0. The topological polar surface area (TPSA) is 24.1 Å². The highest BCUT2D eigenvalue weighted by Gasteiger charge is 2.02. The average Bonchev–Trinajstić information content (AvgIpc) is 2.39. The molecular formula is C11H18N2. The molecule has 0 aromatic heterocycles. The molecule has 0 bridgehead atoms. The molecule has 0 spiro atoms. The summed E-state index contributed by atoms with van der Waals surface area (Å²) in [7, 11) is 3.91. The predicted molar refractivity (Wildman–Crippen MR) is 57.5 cm³/mol. The molecule has 0 fully saturated rings. The van der Waals surface area contributed by atoms with Gasteiger partial charge in [-0.05, 0) is 37.7 Å². The molecule has 0 radical (unpaired) electrons. The van der Waals surface area contributed by atoms with Crippen LogP contribution in [0.1, 0.15) is 12.8 Å². The van der Waals surface area contributed by atoms with Crippen molar-refractivity contribution in [1.82, 2.24) is 10.6 Å². The molecule has 0 saturated heterocycles. The average molecular weight is 178 g/mol. The fraction of sp³-hybridized carbons (Fsp3) is 0.455. The Kier molecular flexibility index (Phi) is 4.33. The first kappa shape index (κ1) is 10.1. The fourth-order valence-corrected chi connectivity index (χ4v) is 1.36. The first-order valence-corrected chi connectivity index (χ1v) is 4.76. The Hall–Kier alpha value is -1.02. The van der Waals surface area contributed by atoms with E-state index in [0.717, 1.165) is 6.42 Å². The molecule has 1 atom stereocenters. The maximum Gasteiger partial charge on any atom is 0.0253 e. The van der Waals surface area contributed by atoms with Crippen molar-refractivity contribution in [3.8, 4) is 0 Å². The maximum atomic E-state index is 3.26. The number of allylic oxidation sites excluding steroid dienone is 4. The maximum absolute atomic E-state index is 3.26. The van der Waals surface area contributed by atoms with Gasteiger partial charge in [-0.3, -0.25) is 0 Å². The van der Waals surface area contributed by atoms with Crippen molar-refractivity contribution in [1.29, 1.82) is 0 Å². The van der Waals surface area contributed by atoms with Crippen molar-refractivity contribution in [2.24, 2.45) is 0 Å². The summed E-state index contributed by atoms with van der Waals surface area (Å²) >= 11 is 0. The van der Waals surface area contributed by atoms with E-state index in [0.29, 0.717) is 6.04 Å². The van der Waals surface area contributed by atoms with Crippen molar-refractivity contribution in [3.63, 3.8) is 0 Å². The van der Waals surface area contributed by atoms with Crippen LogP contribution in [0.25, 0.3) is 0 Å². The highest BCUT2D eigenvalue weighted by atomic mass is 14.9. The first-order chi connectivity index (χ1) is 6.36. The van der Waals surface area contributed by atoms with Crippen LogP contribution in [-0.4, -0.2) is 20.1 Å². The van der Waals surface area contributed by atoms with Crippen LogP contribution in [0.2, 0.25) is 0 Å². The Labute approximate surface area is 80.4 Å². The van der Waals surface area contributed by atoms with Gasteiger partial charge in [0.25, 0.3) is 0 Å². The molecule has 1 aliphatic carbocycles. The van der Waals surface area contributed by atoms with Gasteiger partial charge in [0, 0.05) is 13.1 Å². The van der Waals surface area contributed by atoms with Gasteiger partial charge in [0.05, 0.1) is 0 Å². The number of rotatable bonds is 3. The van der Waals surface area contributed by atoms with Crippen molar-refractivity contribution in [2.75, 3.05) is 14.1 Å². The van der Waals surface area contributed by atoms with E-state index in [4.69, 9.17) is 0 Å². The lowest BCUT2D eigenvalue weighted by Crippen LogP contribution is -2.21. The number of hydrogen-bond acceptors (Lipinski definition) is 2. The largest absolute Gasteiger partial charge is 0.394 e. The normalized spacial score (nSPS) is 22.9. The Morgan fingerprint density at radius 2 is 2.31 bits per heavy atom.